The summed E-state index contributed by atoms with van der Waals surface area (Å²) in [6, 6.07) is 12.1. The fraction of sp³-hybridized carbons (Fsp3) is 0. The molecule has 0 fully saturated rings. The molecule has 0 unspecified atom stereocenters. The smallest absolute Gasteiger partial charge is 0.255 e. The van der Waals surface area contributed by atoms with Crippen LogP contribution in [0.5, 0.6) is 0 Å². The van der Waals surface area contributed by atoms with Crippen LogP contribution in [0.2, 0.25) is 5.02 Å². The summed E-state index contributed by atoms with van der Waals surface area (Å²) in [7, 11) is 0. The zero-order valence-corrected chi connectivity index (χ0v) is 11.6. The minimum atomic E-state index is -0.197. The maximum atomic E-state index is 12.0. The van der Waals surface area contributed by atoms with Gasteiger partial charge in [-0.05, 0) is 36.4 Å². The molecule has 0 saturated carbocycles. The molecule has 0 aliphatic carbocycles. The Bertz CT molecular complexity index is 601. The average Bonchev–Trinajstić information content (AvgIpc) is 2.34. The molecule has 18 heavy (non-hydrogen) atoms. The predicted octanol–water partition coefficient (Wildman–Crippen LogP) is 3.94. The van der Waals surface area contributed by atoms with Crippen molar-refractivity contribution in [1.29, 1.82) is 0 Å². The molecule has 0 aromatic heterocycles. The van der Waals surface area contributed by atoms with Crippen molar-refractivity contribution in [2.24, 2.45) is 0 Å². The number of carbonyl (C=O) groups is 1. The molecular formula is C13H10BrClN2O. The van der Waals surface area contributed by atoms with E-state index in [0.29, 0.717) is 22.0 Å². The van der Waals surface area contributed by atoms with E-state index < -0.39 is 0 Å². The number of rotatable bonds is 2. The standard InChI is InChI=1S/C13H10BrClN2O/c14-9-3-1-2-8(6-9)13(18)17-10-4-5-12(16)11(15)7-10/h1-7H,16H2,(H,17,18). The Morgan fingerprint density at radius 1 is 1.22 bits per heavy atom. The van der Waals surface area contributed by atoms with E-state index in [2.05, 4.69) is 21.2 Å². The minimum Gasteiger partial charge on any atom is -0.398 e. The van der Waals surface area contributed by atoms with Crippen LogP contribution in [0.3, 0.4) is 0 Å². The molecule has 5 heteroatoms. The molecule has 0 spiro atoms. The highest BCUT2D eigenvalue weighted by Gasteiger charge is 2.07. The lowest BCUT2D eigenvalue weighted by atomic mass is 10.2. The molecule has 2 rings (SSSR count). The van der Waals surface area contributed by atoms with Gasteiger partial charge in [-0.15, -0.1) is 0 Å². The molecule has 92 valence electrons. The fourth-order valence-electron chi connectivity index (χ4n) is 1.44. The lowest BCUT2D eigenvalue weighted by Gasteiger charge is -2.07. The number of benzene rings is 2. The molecule has 3 nitrogen and oxygen atoms in total. The molecular weight excluding hydrogens is 316 g/mol. The highest BCUT2D eigenvalue weighted by atomic mass is 79.9. The van der Waals surface area contributed by atoms with Crippen molar-refractivity contribution in [3.63, 3.8) is 0 Å². The summed E-state index contributed by atoms with van der Waals surface area (Å²) < 4.78 is 0.852. The third kappa shape index (κ3) is 3.03. The molecule has 1 amide bonds. The Morgan fingerprint density at radius 2 is 2.00 bits per heavy atom. The molecule has 0 saturated heterocycles. The Hall–Kier alpha value is -1.52. The fourth-order valence-corrected chi connectivity index (χ4v) is 2.02. The number of nitrogens with one attached hydrogen (secondary N) is 1. The number of amides is 1. The molecule has 2 aromatic rings. The van der Waals surface area contributed by atoms with E-state index in [4.69, 9.17) is 17.3 Å². The molecule has 2 aromatic carbocycles. The molecule has 0 aliphatic heterocycles. The van der Waals surface area contributed by atoms with Crippen molar-refractivity contribution in [2.75, 3.05) is 11.1 Å². The second-order valence-electron chi connectivity index (χ2n) is 3.70. The number of anilines is 2. The van der Waals surface area contributed by atoms with E-state index in [1.54, 1.807) is 36.4 Å². The number of hydrogen-bond acceptors (Lipinski definition) is 2. The van der Waals surface area contributed by atoms with Gasteiger partial charge in [0.15, 0.2) is 0 Å². The van der Waals surface area contributed by atoms with E-state index in [9.17, 15) is 4.79 Å². The summed E-state index contributed by atoms with van der Waals surface area (Å²) in [5.74, 6) is -0.197. The number of nitrogen functional groups attached to an aromatic ring is 1. The van der Waals surface area contributed by atoms with Crippen LogP contribution in [0, 0.1) is 0 Å². The zero-order chi connectivity index (χ0) is 13.1. The number of halogens is 2. The van der Waals surface area contributed by atoms with Crippen molar-refractivity contribution >= 4 is 44.8 Å². The summed E-state index contributed by atoms with van der Waals surface area (Å²) >= 11 is 9.20. The van der Waals surface area contributed by atoms with Crippen molar-refractivity contribution in [2.45, 2.75) is 0 Å². The number of nitrogens with two attached hydrogens (primary N) is 1. The van der Waals surface area contributed by atoms with E-state index in [0.717, 1.165) is 4.47 Å². The third-order valence-corrected chi connectivity index (χ3v) is 3.17. The highest BCUT2D eigenvalue weighted by Crippen LogP contribution is 2.23. The maximum absolute atomic E-state index is 12.0. The van der Waals surface area contributed by atoms with E-state index in [1.807, 2.05) is 6.07 Å². The normalized spacial score (nSPS) is 10.1. The first-order valence-electron chi connectivity index (χ1n) is 5.18. The van der Waals surface area contributed by atoms with Gasteiger partial charge in [0, 0.05) is 15.7 Å². The monoisotopic (exact) mass is 324 g/mol. The molecule has 0 heterocycles. The van der Waals surface area contributed by atoms with E-state index >= 15 is 0 Å². The first kappa shape index (κ1) is 12.9. The quantitative estimate of drug-likeness (QED) is 0.822. The van der Waals surface area contributed by atoms with Gasteiger partial charge in [-0.2, -0.15) is 0 Å². The second kappa shape index (κ2) is 5.42. The van der Waals surface area contributed by atoms with E-state index in [1.165, 1.54) is 0 Å². The first-order valence-corrected chi connectivity index (χ1v) is 6.35. The topological polar surface area (TPSA) is 55.1 Å². The van der Waals surface area contributed by atoms with Crippen molar-refractivity contribution < 1.29 is 4.79 Å². The molecule has 0 bridgehead atoms. The lowest BCUT2D eigenvalue weighted by Crippen LogP contribution is -2.11. The van der Waals surface area contributed by atoms with Crippen LogP contribution in [-0.4, -0.2) is 5.91 Å². The second-order valence-corrected chi connectivity index (χ2v) is 5.02. The van der Waals surface area contributed by atoms with Crippen LogP contribution in [-0.2, 0) is 0 Å². The van der Waals surface area contributed by atoms with Gasteiger partial charge in [-0.25, -0.2) is 0 Å². The minimum absolute atomic E-state index is 0.197. The van der Waals surface area contributed by atoms with Gasteiger partial charge in [-0.1, -0.05) is 33.6 Å². The highest BCUT2D eigenvalue weighted by molar-refractivity contribution is 9.10. The van der Waals surface area contributed by atoms with Crippen LogP contribution in [0.4, 0.5) is 11.4 Å². The van der Waals surface area contributed by atoms with Crippen LogP contribution in [0.1, 0.15) is 10.4 Å². The van der Waals surface area contributed by atoms with Gasteiger partial charge < -0.3 is 11.1 Å². The van der Waals surface area contributed by atoms with Crippen LogP contribution in [0.15, 0.2) is 46.9 Å². The van der Waals surface area contributed by atoms with Gasteiger partial charge in [0.05, 0.1) is 10.7 Å². The van der Waals surface area contributed by atoms with E-state index in [-0.39, 0.29) is 5.91 Å². The largest absolute Gasteiger partial charge is 0.398 e. The lowest BCUT2D eigenvalue weighted by molar-refractivity contribution is 0.102. The SMILES string of the molecule is Nc1ccc(NC(=O)c2cccc(Br)c2)cc1Cl. The Labute approximate surface area is 118 Å². The van der Waals surface area contributed by atoms with Gasteiger partial charge in [0.2, 0.25) is 0 Å². The van der Waals surface area contributed by atoms with Crippen molar-refractivity contribution in [3.05, 3.63) is 57.5 Å². The van der Waals surface area contributed by atoms with Crippen molar-refractivity contribution in [3.8, 4) is 0 Å². The van der Waals surface area contributed by atoms with Gasteiger partial charge >= 0.3 is 0 Å². The summed E-state index contributed by atoms with van der Waals surface area (Å²) in [5, 5.41) is 3.17. The molecule has 0 aliphatic rings. The van der Waals surface area contributed by atoms with Crippen LogP contribution in [0.25, 0.3) is 0 Å². The summed E-state index contributed by atoms with van der Waals surface area (Å²) in [4.78, 5) is 12.0. The molecule has 0 atom stereocenters. The molecule has 3 N–H and O–H groups in total. The van der Waals surface area contributed by atoms with Gasteiger partial charge in [-0.3, -0.25) is 4.79 Å². The van der Waals surface area contributed by atoms with Gasteiger partial charge in [0.1, 0.15) is 0 Å². The number of hydrogen-bond donors (Lipinski definition) is 2. The van der Waals surface area contributed by atoms with Gasteiger partial charge in [0.25, 0.3) is 5.91 Å². The average molecular weight is 326 g/mol. The maximum Gasteiger partial charge on any atom is 0.255 e. The molecule has 0 radical (unpaired) electrons. The van der Waals surface area contributed by atoms with Crippen LogP contribution >= 0.6 is 27.5 Å². The van der Waals surface area contributed by atoms with Crippen molar-refractivity contribution in [1.82, 2.24) is 0 Å². The summed E-state index contributed by atoms with van der Waals surface area (Å²) in [6.45, 7) is 0. The Kier molecular flexibility index (Phi) is 3.89. The summed E-state index contributed by atoms with van der Waals surface area (Å²) in [6.07, 6.45) is 0. The predicted molar refractivity (Wildman–Crippen MR) is 78.0 cm³/mol. The summed E-state index contributed by atoms with van der Waals surface area (Å²) in [5.41, 5.74) is 7.26. The zero-order valence-electron chi connectivity index (χ0n) is 9.28. The number of carbonyl (C=O) groups excluding carboxylic acids is 1. The third-order valence-electron chi connectivity index (χ3n) is 2.35. The van der Waals surface area contributed by atoms with Crippen LogP contribution < -0.4 is 11.1 Å². The Balaban J connectivity index is 2.18. The first-order chi connectivity index (χ1) is 8.56. The Morgan fingerprint density at radius 3 is 2.67 bits per heavy atom.